The van der Waals surface area contributed by atoms with Crippen LogP contribution in [0.5, 0.6) is 0 Å². The van der Waals surface area contributed by atoms with Crippen molar-refractivity contribution < 1.29 is 9.84 Å². The summed E-state index contributed by atoms with van der Waals surface area (Å²) in [7, 11) is 0. The van der Waals surface area contributed by atoms with Crippen molar-refractivity contribution in [3.8, 4) is 0 Å². The van der Waals surface area contributed by atoms with Crippen LogP contribution in [-0.2, 0) is 16.9 Å². The van der Waals surface area contributed by atoms with E-state index in [1.54, 1.807) is 0 Å². The zero-order valence-electron chi connectivity index (χ0n) is 11.8. The summed E-state index contributed by atoms with van der Waals surface area (Å²) in [6, 6.07) is 17.0. The normalized spacial score (nSPS) is 13.9. The Morgan fingerprint density at radius 3 is 2.38 bits per heavy atom. The molecule has 1 atom stereocenters. The van der Waals surface area contributed by atoms with E-state index < -0.39 is 5.60 Å². The minimum Gasteiger partial charge on any atom is -0.383 e. The fourth-order valence-corrected chi connectivity index (χ4v) is 2.42. The average Bonchev–Trinajstić information content (AvgIpc) is 2.50. The maximum Gasteiger partial charge on any atom is 0.114 e. The monoisotopic (exact) mass is 305 g/mol. The van der Waals surface area contributed by atoms with Gasteiger partial charge in [0.15, 0.2) is 0 Å². The molecule has 1 unspecified atom stereocenters. The third-order valence-electron chi connectivity index (χ3n) is 3.43. The van der Waals surface area contributed by atoms with E-state index in [4.69, 9.17) is 22.1 Å². The number of hydrogen-bond acceptors (Lipinski definition) is 3. The molecule has 2 rings (SSSR count). The van der Waals surface area contributed by atoms with E-state index in [2.05, 4.69) is 0 Å². The molecule has 0 saturated heterocycles. The van der Waals surface area contributed by atoms with Crippen molar-refractivity contribution in [2.75, 3.05) is 13.2 Å². The first-order chi connectivity index (χ1) is 10.2. The van der Waals surface area contributed by atoms with Crippen LogP contribution in [0.4, 0.5) is 0 Å². The summed E-state index contributed by atoms with van der Waals surface area (Å²) in [5.41, 5.74) is 6.27. The lowest BCUT2D eigenvalue weighted by atomic mass is 9.91. The number of nitrogens with two attached hydrogens (primary N) is 1. The van der Waals surface area contributed by atoms with Crippen LogP contribution in [0.2, 0.25) is 5.02 Å². The van der Waals surface area contributed by atoms with Gasteiger partial charge in [0.2, 0.25) is 0 Å². The number of aliphatic hydroxyl groups is 1. The standard InChI is InChI=1S/C17H20ClNO2/c18-16-9-5-4-6-14(16)12-21-13-17(20,10-11-19)15-7-2-1-3-8-15/h1-9,20H,10-13,19H2. The van der Waals surface area contributed by atoms with Gasteiger partial charge in [0.05, 0.1) is 13.2 Å². The molecule has 0 radical (unpaired) electrons. The largest absolute Gasteiger partial charge is 0.383 e. The lowest BCUT2D eigenvalue weighted by Crippen LogP contribution is -2.34. The van der Waals surface area contributed by atoms with Crippen molar-refractivity contribution in [3.05, 3.63) is 70.7 Å². The average molecular weight is 306 g/mol. The first-order valence-corrected chi connectivity index (χ1v) is 7.32. The minimum absolute atomic E-state index is 0.180. The molecule has 0 aliphatic rings. The van der Waals surface area contributed by atoms with E-state index in [-0.39, 0.29) is 6.61 Å². The van der Waals surface area contributed by atoms with Gasteiger partial charge in [-0.3, -0.25) is 0 Å². The molecule has 4 heteroatoms. The molecule has 2 aromatic carbocycles. The Morgan fingerprint density at radius 1 is 1.05 bits per heavy atom. The molecule has 0 spiro atoms. The Balaban J connectivity index is 2.02. The van der Waals surface area contributed by atoms with Crippen LogP contribution < -0.4 is 5.73 Å². The van der Waals surface area contributed by atoms with E-state index in [1.165, 1.54) is 0 Å². The van der Waals surface area contributed by atoms with Crippen molar-refractivity contribution in [1.82, 2.24) is 0 Å². The molecular formula is C17H20ClNO2. The fourth-order valence-electron chi connectivity index (χ4n) is 2.23. The molecule has 0 aromatic heterocycles. The van der Waals surface area contributed by atoms with Gasteiger partial charge in [0.1, 0.15) is 5.60 Å². The van der Waals surface area contributed by atoms with Crippen molar-refractivity contribution in [3.63, 3.8) is 0 Å². The molecule has 0 aliphatic carbocycles. The number of benzene rings is 2. The molecule has 0 aliphatic heterocycles. The quantitative estimate of drug-likeness (QED) is 0.826. The van der Waals surface area contributed by atoms with Crippen LogP contribution in [0.1, 0.15) is 17.5 Å². The molecule has 2 aromatic rings. The maximum absolute atomic E-state index is 10.8. The summed E-state index contributed by atoms with van der Waals surface area (Å²) in [5.74, 6) is 0. The summed E-state index contributed by atoms with van der Waals surface area (Å²) >= 11 is 6.09. The lowest BCUT2D eigenvalue weighted by Gasteiger charge is -2.28. The second kappa shape index (κ2) is 7.57. The Morgan fingerprint density at radius 2 is 1.71 bits per heavy atom. The lowest BCUT2D eigenvalue weighted by molar-refractivity contribution is -0.0602. The molecule has 3 N–H and O–H groups in total. The fraction of sp³-hybridized carbons (Fsp3) is 0.294. The highest BCUT2D eigenvalue weighted by atomic mass is 35.5. The summed E-state index contributed by atoms with van der Waals surface area (Å²) in [6.07, 6.45) is 0.444. The van der Waals surface area contributed by atoms with Gasteiger partial charge in [0.25, 0.3) is 0 Å². The molecule has 0 saturated carbocycles. The van der Waals surface area contributed by atoms with Gasteiger partial charge in [0, 0.05) is 5.02 Å². The molecule has 21 heavy (non-hydrogen) atoms. The predicted octanol–water partition coefficient (Wildman–Crippen LogP) is 3.09. The number of ether oxygens (including phenoxy) is 1. The highest BCUT2D eigenvalue weighted by Gasteiger charge is 2.28. The summed E-state index contributed by atoms with van der Waals surface area (Å²) in [5, 5.41) is 11.5. The molecule has 0 bridgehead atoms. The predicted molar refractivity (Wildman–Crippen MR) is 85.1 cm³/mol. The molecule has 112 valence electrons. The van der Waals surface area contributed by atoms with Gasteiger partial charge in [-0.05, 0) is 30.2 Å². The van der Waals surface area contributed by atoms with Crippen LogP contribution in [0.25, 0.3) is 0 Å². The third-order valence-corrected chi connectivity index (χ3v) is 3.79. The van der Waals surface area contributed by atoms with Gasteiger partial charge in [-0.1, -0.05) is 60.1 Å². The third kappa shape index (κ3) is 4.29. The van der Waals surface area contributed by atoms with Gasteiger partial charge in [-0.2, -0.15) is 0 Å². The summed E-state index contributed by atoms with van der Waals surface area (Å²) in [4.78, 5) is 0. The smallest absolute Gasteiger partial charge is 0.114 e. The van der Waals surface area contributed by atoms with Crippen molar-refractivity contribution in [2.24, 2.45) is 5.73 Å². The van der Waals surface area contributed by atoms with E-state index in [1.807, 2.05) is 54.6 Å². The molecule has 0 fully saturated rings. The summed E-state index contributed by atoms with van der Waals surface area (Å²) in [6.45, 7) is 0.930. The van der Waals surface area contributed by atoms with Gasteiger partial charge in [-0.25, -0.2) is 0 Å². The van der Waals surface area contributed by atoms with Gasteiger partial charge < -0.3 is 15.6 Å². The van der Waals surface area contributed by atoms with E-state index >= 15 is 0 Å². The van der Waals surface area contributed by atoms with Crippen LogP contribution >= 0.6 is 11.6 Å². The first-order valence-electron chi connectivity index (χ1n) is 6.95. The van der Waals surface area contributed by atoms with Gasteiger partial charge >= 0.3 is 0 Å². The summed E-state index contributed by atoms with van der Waals surface area (Å²) < 4.78 is 5.68. The van der Waals surface area contributed by atoms with Crippen molar-refractivity contribution in [1.29, 1.82) is 0 Å². The number of hydrogen-bond donors (Lipinski definition) is 2. The maximum atomic E-state index is 10.8. The van der Waals surface area contributed by atoms with E-state index in [0.29, 0.717) is 24.6 Å². The number of rotatable bonds is 7. The Bertz CT molecular complexity index is 562. The molecular weight excluding hydrogens is 286 g/mol. The van der Waals surface area contributed by atoms with Crippen molar-refractivity contribution >= 4 is 11.6 Å². The Hall–Kier alpha value is -1.39. The zero-order valence-corrected chi connectivity index (χ0v) is 12.6. The highest BCUT2D eigenvalue weighted by Crippen LogP contribution is 2.26. The Kier molecular flexibility index (Phi) is 5.76. The second-order valence-electron chi connectivity index (χ2n) is 5.02. The zero-order chi connectivity index (χ0) is 15.1. The Labute approximate surface area is 130 Å². The van der Waals surface area contributed by atoms with Crippen LogP contribution in [0.3, 0.4) is 0 Å². The van der Waals surface area contributed by atoms with E-state index in [9.17, 15) is 5.11 Å². The number of halogens is 1. The van der Waals surface area contributed by atoms with E-state index in [0.717, 1.165) is 11.1 Å². The molecule has 0 heterocycles. The van der Waals surface area contributed by atoms with Crippen LogP contribution in [-0.4, -0.2) is 18.3 Å². The first kappa shape index (κ1) is 16.0. The van der Waals surface area contributed by atoms with Crippen LogP contribution in [0.15, 0.2) is 54.6 Å². The molecule has 0 amide bonds. The van der Waals surface area contributed by atoms with Crippen molar-refractivity contribution in [2.45, 2.75) is 18.6 Å². The highest BCUT2D eigenvalue weighted by molar-refractivity contribution is 6.31. The van der Waals surface area contributed by atoms with Crippen LogP contribution in [0, 0.1) is 0 Å². The SMILES string of the molecule is NCCC(O)(COCc1ccccc1Cl)c1ccccc1. The minimum atomic E-state index is -1.07. The topological polar surface area (TPSA) is 55.5 Å². The molecule has 3 nitrogen and oxygen atoms in total. The van der Waals surface area contributed by atoms with Gasteiger partial charge in [-0.15, -0.1) is 0 Å². The second-order valence-corrected chi connectivity index (χ2v) is 5.43.